The SMILES string of the molecule is O=S(=O)([O-])CCCN1C(=CC=Cc2oc3ccccc3[n+]2CCCS(=O)(=O)[O-])Oc2ccccc21. The second kappa shape index (κ2) is 10.2. The number of aromatic nitrogens is 1. The fourth-order valence-electron chi connectivity index (χ4n) is 3.83. The smallest absolute Gasteiger partial charge is 0.374 e. The molecule has 0 saturated heterocycles. The van der Waals surface area contributed by atoms with Crippen molar-refractivity contribution in [3.63, 3.8) is 0 Å². The van der Waals surface area contributed by atoms with Gasteiger partial charge in [-0.15, -0.1) is 0 Å². The lowest BCUT2D eigenvalue weighted by Crippen LogP contribution is -2.36. The van der Waals surface area contributed by atoms with Gasteiger partial charge < -0.3 is 23.2 Å². The second-order valence-corrected chi connectivity index (χ2v) is 10.9. The molecule has 2 heterocycles. The molecule has 0 fully saturated rings. The van der Waals surface area contributed by atoms with Crippen LogP contribution >= 0.6 is 0 Å². The van der Waals surface area contributed by atoms with Crippen LogP contribution in [0.5, 0.6) is 5.75 Å². The summed E-state index contributed by atoms with van der Waals surface area (Å²) in [6.07, 6.45) is 5.33. The number of allylic oxidation sites excluding steroid dienone is 2. The molecule has 0 aliphatic carbocycles. The van der Waals surface area contributed by atoms with Gasteiger partial charge in [0.15, 0.2) is 12.3 Å². The topological polar surface area (TPSA) is 144 Å². The van der Waals surface area contributed by atoms with Gasteiger partial charge in [0.05, 0.1) is 32.0 Å². The molecule has 0 bridgehead atoms. The Balaban J connectivity index is 1.57. The lowest BCUT2D eigenvalue weighted by atomic mass is 10.2. The van der Waals surface area contributed by atoms with E-state index in [0.29, 0.717) is 23.1 Å². The molecular formula is C23H23N2O8S2-. The van der Waals surface area contributed by atoms with Crippen molar-refractivity contribution in [2.45, 2.75) is 19.4 Å². The first-order chi connectivity index (χ1) is 16.6. The van der Waals surface area contributed by atoms with Crippen molar-refractivity contribution in [3.8, 4) is 5.75 Å². The number of benzene rings is 2. The van der Waals surface area contributed by atoms with Gasteiger partial charge in [-0.05, 0) is 36.8 Å². The first-order valence-corrected chi connectivity index (χ1v) is 14.0. The highest BCUT2D eigenvalue weighted by Crippen LogP contribution is 2.38. The summed E-state index contributed by atoms with van der Waals surface area (Å²) in [7, 11) is -8.64. The van der Waals surface area contributed by atoms with Gasteiger partial charge in [-0.1, -0.05) is 24.3 Å². The molecule has 1 aromatic heterocycles. The Morgan fingerprint density at radius 3 is 2.37 bits per heavy atom. The van der Waals surface area contributed by atoms with Crippen molar-refractivity contribution in [1.29, 1.82) is 0 Å². The Morgan fingerprint density at radius 2 is 1.60 bits per heavy atom. The summed E-state index contributed by atoms with van der Waals surface area (Å²) in [5.41, 5.74) is 2.12. The highest BCUT2D eigenvalue weighted by atomic mass is 32.2. The lowest BCUT2D eigenvalue weighted by Gasteiger charge is -2.18. The van der Waals surface area contributed by atoms with Crippen molar-refractivity contribution < 1.29 is 39.7 Å². The van der Waals surface area contributed by atoms with Gasteiger partial charge in [0.2, 0.25) is 11.5 Å². The number of hydrogen-bond acceptors (Lipinski definition) is 9. The number of anilines is 1. The maximum absolute atomic E-state index is 11.0. The van der Waals surface area contributed by atoms with Crippen LogP contribution in [0, 0.1) is 0 Å². The van der Waals surface area contributed by atoms with Gasteiger partial charge in [0, 0.05) is 30.5 Å². The van der Waals surface area contributed by atoms with Crippen LogP contribution in [0.25, 0.3) is 17.2 Å². The quantitative estimate of drug-likeness (QED) is 0.291. The van der Waals surface area contributed by atoms with Crippen LogP contribution in [0.15, 0.2) is 71.0 Å². The zero-order valence-corrected chi connectivity index (χ0v) is 20.2. The number of hydrogen-bond donors (Lipinski definition) is 0. The summed E-state index contributed by atoms with van der Waals surface area (Å²) in [6, 6.07) is 14.5. The molecule has 2 aromatic carbocycles. The average molecular weight is 520 g/mol. The lowest BCUT2D eigenvalue weighted by molar-refractivity contribution is -0.677. The minimum Gasteiger partial charge on any atom is -0.748 e. The van der Waals surface area contributed by atoms with Gasteiger partial charge in [-0.2, -0.15) is 4.57 Å². The fraction of sp³-hybridized carbons (Fsp3) is 0.261. The third-order valence-electron chi connectivity index (χ3n) is 5.30. The van der Waals surface area contributed by atoms with Gasteiger partial charge >= 0.3 is 5.89 Å². The molecule has 0 radical (unpaired) electrons. The predicted octanol–water partition coefficient (Wildman–Crippen LogP) is 2.34. The molecule has 0 N–H and O–H groups in total. The monoisotopic (exact) mass is 519 g/mol. The number of oxazole rings is 1. The Bertz CT molecular complexity index is 1490. The summed E-state index contributed by atoms with van der Waals surface area (Å²) in [4.78, 5) is 1.79. The van der Waals surface area contributed by atoms with Crippen LogP contribution < -0.4 is 14.2 Å². The molecular weight excluding hydrogens is 496 g/mol. The molecule has 186 valence electrons. The van der Waals surface area contributed by atoms with Crippen LogP contribution in [0.1, 0.15) is 18.7 Å². The second-order valence-electron chi connectivity index (χ2n) is 7.88. The van der Waals surface area contributed by atoms with Crippen molar-refractivity contribution in [3.05, 3.63) is 72.5 Å². The maximum atomic E-state index is 11.0. The zero-order chi connectivity index (χ0) is 25.1. The normalized spacial score (nSPS) is 15.3. The minimum absolute atomic E-state index is 0.136. The summed E-state index contributed by atoms with van der Waals surface area (Å²) in [5, 5.41) is 0. The number of aryl methyl sites for hydroxylation is 1. The van der Waals surface area contributed by atoms with Crippen molar-refractivity contribution >= 4 is 43.1 Å². The van der Waals surface area contributed by atoms with E-state index in [1.54, 1.807) is 39.8 Å². The third kappa shape index (κ3) is 6.48. The summed E-state index contributed by atoms with van der Waals surface area (Å²) >= 11 is 0. The molecule has 1 aliphatic rings. The highest BCUT2D eigenvalue weighted by Gasteiger charge is 2.25. The molecule has 1 aliphatic heterocycles. The Kier molecular flexibility index (Phi) is 7.26. The van der Waals surface area contributed by atoms with Crippen LogP contribution in [0.2, 0.25) is 0 Å². The molecule has 10 nitrogen and oxygen atoms in total. The van der Waals surface area contributed by atoms with E-state index in [2.05, 4.69) is 0 Å². The number of nitrogens with zero attached hydrogens (tertiary/aromatic N) is 2. The molecule has 12 heteroatoms. The van der Waals surface area contributed by atoms with E-state index in [0.717, 1.165) is 11.2 Å². The summed E-state index contributed by atoms with van der Waals surface area (Å²) in [5.74, 6) is 0.547. The van der Waals surface area contributed by atoms with Crippen LogP contribution in [0.3, 0.4) is 0 Å². The predicted molar refractivity (Wildman–Crippen MR) is 126 cm³/mol. The number of ether oxygens (including phenoxy) is 1. The maximum Gasteiger partial charge on any atom is 0.374 e. The van der Waals surface area contributed by atoms with Crippen LogP contribution in [-0.2, 0) is 26.8 Å². The van der Waals surface area contributed by atoms with Gasteiger partial charge in [0.1, 0.15) is 0 Å². The standard InChI is InChI=1S/C23H24N2O8S2/c26-34(27,28)16-6-14-24-18-8-1-3-10-20(18)32-22(24)12-5-13-23-25(15-7-17-35(29,30)31)19-9-2-4-11-21(19)33-23/h1-5,8-13H,6-7,14-17H2,(H-,26,27,28,29,30,31)/p-1. The molecule has 4 rings (SSSR count). The van der Waals surface area contributed by atoms with E-state index in [1.165, 1.54) is 0 Å². The number of fused-ring (bicyclic) bond motifs is 2. The average Bonchev–Trinajstić information content (AvgIpc) is 3.30. The van der Waals surface area contributed by atoms with Crippen molar-refractivity contribution in [2.24, 2.45) is 0 Å². The van der Waals surface area contributed by atoms with E-state index >= 15 is 0 Å². The Hall–Kier alpha value is -3.19. The largest absolute Gasteiger partial charge is 0.748 e. The van der Waals surface area contributed by atoms with Crippen molar-refractivity contribution in [1.82, 2.24) is 0 Å². The van der Waals surface area contributed by atoms with Crippen molar-refractivity contribution in [2.75, 3.05) is 23.0 Å². The van der Waals surface area contributed by atoms with E-state index in [9.17, 15) is 25.9 Å². The molecule has 0 atom stereocenters. The molecule has 0 saturated carbocycles. The minimum atomic E-state index is -4.32. The highest BCUT2D eigenvalue weighted by molar-refractivity contribution is 7.85. The molecule has 3 aromatic rings. The molecule has 0 amide bonds. The van der Waals surface area contributed by atoms with Gasteiger partial charge in [-0.25, -0.2) is 16.8 Å². The number of rotatable bonds is 10. The molecule has 35 heavy (non-hydrogen) atoms. The van der Waals surface area contributed by atoms with E-state index in [-0.39, 0.29) is 25.9 Å². The third-order valence-corrected chi connectivity index (χ3v) is 6.88. The van der Waals surface area contributed by atoms with Gasteiger partial charge in [0.25, 0.3) is 5.52 Å². The number of para-hydroxylation sites is 4. The first kappa shape index (κ1) is 24.9. The zero-order valence-electron chi connectivity index (χ0n) is 18.6. The summed E-state index contributed by atoms with van der Waals surface area (Å²) in [6.45, 7) is 0.541. The molecule has 0 spiro atoms. The van der Waals surface area contributed by atoms with Gasteiger partial charge in [-0.3, -0.25) is 0 Å². The van der Waals surface area contributed by atoms with Crippen LogP contribution in [0.4, 0.5) is 5.69 Å². The van der Waals surface area contributed by atoms with E-state index in [1.807, 2.05) is 36.4 Å². The Morgan fingerprint density at radius 1 is 0.914 bits per heavy atom. The van der Waals surface area contributed by atoms with E-state index < -0.39 is 31.7 Å². The Labute approximate surface area is 203 Å². The fourth-order valence-corrected chi connectivity index (χ4v) is 4.79. The summed E-state index contributed by atoms with van der Waals surface area (Å²) < 4.78 is 79.6. The molecule has 0 unspecified atom stereocenters. The first-order valence-electron chi connectivity index (χ1n) is 10.8. The van der Waals surface area contributed by atoms with E-state index in [4.69, 9.17) is 9.15 Å². The van der Waals surface area contributed by atoms with Crippen LogP contribution in [-0.4, -0.2) is 44.0 Å².